The van der Waals surface area contributed by atoms with Crippen molar-refractivity contribution in [2.45, 2.75) is 107 Å². The van der Waals surface area contributed by atoms with Gasteiger partial charge in [0.2, 0.25) is 19.7 Å². The van der Waals surface area contributed by atoms with E-state index in [0.717, 1.165) is 152 Å². The van der Waals surface area contributed by atoms with Gasteiger partial charge < -0.3 is 39.7 Å². The fourth-order valence-corrected chi connectivity index (χ4v) is 18.4. The van der Waals surface area contributed by atoms with Crippen LogP contribution in [-0.4, -0.2) is 150 Å². The number of piperidine rings is 2. The largest absolute Gasteiger partial charge is 0.453 e. The topological polar surface area (TPSA) is 241 Å². The number of nitrogens with one attached hydrogen (secondary N) is 2. The molecular weight excluding hydrogens is 1180 g/mol. The number of nitrogens with zero attached hydrogens (tertiary/aromatic N) is 10. The Kier molecular flexibility index (Phi) is 19.4. The van der Waals surface area contributed by atoms with E-state index in [1.54, 1.807) is 38.4 Å². The Bertz CT molecular complexity index is 3490. The first-order chi connectivity index (χ1) is 43.5. The highest BCUT2D eigenvalue weighted by Crippen LogP contribution is 2.52. The number of alkyl carbamates (subject to hydrolysis) is 2. The van der Waals surface area contributed by atoms with Gasteiger partial charge in [-0.15, -0.1) is 0 Å². The van der Waals surface area contributed by atoms with Gasteiger partial charge in [0.15, 0.2) is 0 Å². The number of anilines is 2. The Labute approximate surface area is 529 Å². The highest BCUT2D eigenvalue weighted by Gasteiger charge is 2.54. The molecule has 4 saturated heterocycles. The van der Waals surface area contributed by atoms with E-state index in [0.29, 0.717) is 11.8 Å². The summed E-state index contributed by atoms with van der Waals surface area (Å²) in [5.41, 5.74) is 2.84. The molecule has 2 N–H and O–H groups in total. The summed E-state index contributed by atoms with van der Waals surface area (Å²) in [7, 11) is -0.987. The van der Waals surface area contributed by atoms with Crippen LogP contribution in [0.3, 0.4) is 0 Å². The molecule has 476 valence electrons. The van der Waals surface area contributed by atoms with Gasteiger partial charge >= 0.3 is 12.2 Å². The third kappa shape index (κ3) is 13.1. The van der Waals surface area contributed by atoms with Crippen LogP contribution in [0.15, 0.2) is 154 Å². The fourth-order valence-electron chi connectivity index (χ4n) is 15.9. The quantitative estimate of drug-likeness (QED) is 0.0817. The van der Waals surface area contributed by atoms with Crippen LogP contribution in [0.4, 0.5) is 21.0 Å². The molecule has 0 spiro atoms. The van der Waals surface area contributed by atoms with Gasteiger partial charge in [-0.1, -0.05) is 73.5 Å². The standard InChI is InChI=1S/2C34H42N6O4S/c2*1-38-23-30(19-36-38)45(42,43)29-13-11-28(12-14-29)40-21-25(22-40)20-39-17-15-27(16-18-39)34(24-35,26-7-4-3-5-8-26)31-9-6-10-32(31)37-33(41)44-2/h2*3-5,7-8,11-14,19,23,25,27,31-32H,6,9-10,15-18,20-22H2,1-2H3,(H,37,41)/t2*31-,32-,34?/m10/s1. The maximum absolute atomic E-state index is 12.9. The molecule has 22 heteroatoms. The van der Waals surface area contributed by atoms with Gasteiger partial charge in [0.05, 0.1) is 59.4 Å². The minimum atomic E-state index is -3.58. The molecule has 2 unspecified atom stereocenters. The third-order valence-corrected chi connectivity index (χ3v) is 23.9. The minimum Gasteiger partial charge on any atom is -0.453 e. The number of rotatable bonds is 18. The van der Waals surface area contributed by atoms with Crippen LogP contribution in [0, 0.1) is 58.2 Å². The predicted molar refractivity (Wildman–Crippen MR) is 341 cm³/mol. The molecule has 0 radical (unpaired) electrons. The van der Waals surface area contributed by atoms with E-state index < -0.39 is 42.7 Å². The second-order valence-electron chi connectivity index (χ2n) is 25.6. The Morgan fingerprint density at radius 3 is 1.19 bits per heavy atom. The number of likely N-dealkylation sites (tertiary alicyclic amines) is 2. The molecule has 2 saturated carbocycles. The van der Waals surface area contributed by atoms with Crippen molar-refractivity contribution < 1.29 is 35.9 Å². The Balaban J connectivity index is 0.000000185. The molecule has 6 atom stereocenters. The summed E-state index contributed by atoms with van der Waals surface area (Å²) >= 11 is 0. The number of methoxy groups -OCH3 is 2. The number of hydrogen-bond donors (Lipinski definition) is 2. The van der Waals surface area contributed by atoms with Crippen molar-refractivity contribution in [3.05, 3.63) is 145 Å². The van der Waals surface area contributed by atoms with Gasteiger partial charge in [-0.3, -0.25) is 9.36 Å². The summed E-state index contributed by atoms with van der Waals surface area (Å²) in [6, 6.07) is 40.2. The van der Waals surface area contributed by atoms with Crippen molar-refractivity contribution in [3.63, 3.8) is 0 Å². The molecule has 12 rings (SSSR count). The highest BCUT2D eigenvalue weighted by atomic mass is 32.2. The zero-order valence-corrected chi connectivity index (χ0v) is 53.7. The lowest BCUT2D eigenvalue weighted by molar-refractivity contribution is 0.0939. The van der Waals surface area contributed by atoms with Crippen LogP contribution in [0.1, 0.15) is 75.3 Å². The van der Waals surface area contributed by atoms with E-state index in [1.807, 2.05) is 60.7 Å². The fraction of sp³-hybridized carbons (Fsp3) is 0.500. The summed E-state index contributed by atoms with van der Waals surface area (Å²) in [6.07, 6.45) is 14.2. The lowest BCUT2D eigenvalue weighted by Crippen LogP contribution is -2.55. The SMILES string of the molecule is COC(=O)N[C@@H]1CCC[C@H]1C(C#N)(c1ccccc1)C1CCN(CC2CN(c3ccc(S(=O)(=O)c4cnn(C)c4)cc3)C2)CC1.COC(=O)N[C@H]1CCC[C@@H]1C(C#N)(c1ccccc1)C1CCN(CC2CN(c3ccc(S(=O)(=O)c4cnn(C)c4)cc3)C2)CC1. The highest BCUT2D eigenvalue weighted by molar-refractivity contribution is 7.91. The number of benzene rings is 4. The van der Waals surface area contributed by atoms with Gasteiger partial charge in [-0.25, -0.2) is 26.4 Å². The summed E-state index contributed by atoms with van der Waals surface area (Å²) in [4.78, 5) is 35.0. The van der Waals surface area contributed by atoms with E-state index >= 15 is 0 Å². The monoisotopic (exact) mass is 1260 g/mol. The van der Waals surface area contributed by atoms with E-state index in [9.17, 15) is 36.9 Å². The molecule has 4 aliphatic heterocycles. The number of aryl methyl sites for hydroxylation is 2. The first-order valence-electron chi connectivity index (χ1n) is 31.7. The van der Waals surface area contributed by atoms with Gasteiger partial charge in [-0.2, -0.15) is 20.7 Å². The smallest absolute Gasteiger partial charge is 0.407 e. The van der Waals surface area contributed by atoms with Crippen LogP contribution in [-0.2, 0) is 54.1 Å². The molecule has 90 heavy (non-hydrogen) atoms. The number of carbonyl (C=O) groups is 2. The molecule has 2 amide bonds. The molecule has 6 aromatic rings. The number of nitriles is 2. The van der Waals surface area contributed by atoms with E-state index in [4.69, 9.17) is 9.47 Å². The Morgan fingerprint density at radius 1 is 0.522 bits per heavy atom. The van der Waals surface area contributed by atoms with Crippen molar-refractivity contribution in [1.82, 2.24) is 40.0 Å². The molecule has 6 aliphatic rings. The van der Waals surface area contributed by atoms with Crippen LogP contribution in [0.2, 0.25) is 0 Å². The van der Waals surface area contributed by atoms with E-state index in [-0.39, 0.29) is 55.3 Å². The van der Waals surface area contributed by atoms with Crippen LogP contribution in [0.5, 0.6) is 0 Å². The first-order valence-corrected chi connectivity index (χ1v) is 34.7. The summed E-state index contributed by atoms with van der Waals surface area (Å²) in [6.45, 7) is 9.54. The first kappa shape index (κ1) is 63.8. The second-order valence-corrected chi connectivity index (χ2v) is 29.5. The maximum Gasteiger partial charge on any atom is 0.407 e. The normalized spacial score (nSPS) is 22.7. The molecule has 4 aromatic carbocycles. The molecule has 6 fully saturated rings. The van der Waals surface area contributed by atoms with Crippen LogP contribution < -0.4 is 20.4 Å². The van der Waals surface area contributed by atoms with Crippen molar-refractivity contribution in [3.8, 4) is 12.1 Å². The van der Waals surface area contributed by atoms with Crippen molar-refractivity contribution in [1.29, 1.82) is 10.5 Å². The summed E-state index contributed by atoms with van der Waals surface area (Å²) in [5, 5.41) is 35.9. The lowest BCUT2D eigenvalue weighted by atomic mass is 9.59. The number of carbonyl (C=O) groups excluding carboxylic acids is 2. The summed E-state index contributed by atoms with van der Waals surface area (Å²) in [5.74, 6) is 1.55. The number of amides is 2. The molecular formula is C68H84N12O8S2. The van der Waals surface area contributed by atoms with Gasteiger partial charge in [-0.05, 0) is 149 Å². The average Bonchev–Trinajstić information content (AvgIpc) is 2.00. The number of aromatic nitrogens is 4. The average molecular weight is 1260 g/mol. The van der Waals surface area contributed by atoms with Crippen molar-refractivity contribution in [2.24, 2.45) is 49.6 Å². The Morgan fingerprint density at radius 2 is 0.878 bits per heavy atom. The van der Waals surface area contributed by atoms with E-state index in [2.05, 4.69) is 76.8 Å². The van der Waals surface area contributed by atoms with Gasteiger partial charge in [0, 0.05) is 113 Å². The van der Waals surface area contributed by atoms with Gasteiger partial charge in [0.25, 0.3) is 0 Å². The maximum atomic E-state index is 12.9. The lowest BCUT2D eigenvalue weighted by Gasteiger charge is -2.48. The van der Waals surface area contributed by atoms with E-state index in [1.165, 1.54) is 48.4 Å². The minimum absolute atomic E-state index is 0.0338. The second kappa shape index (κ2) is 27.4. The molecule has 2 aliphatic carbocycles. The number of sulfone groups is 2. The van der Waals surface area contributed by atoms with Gasteiger partial charge in [0.1, 0.15) is 9.79 Å². The molecule has 20 nitrogen and oxygen atoms in total. The Hall–Kier alpha value is -7.76. The number of ether oxygens (including phenoxy) is 2. The molecule has 2 aromatic heterocycles. The number of hydrogen-bond acceptors (Lipinski definition) is 16. The molecule has 0 bridgehead atoms. The van der Waals surface area contributed by atoms with Crippen LogP contribution in [0.25, 0.3) is 0 Å². The van der Waals surface area contributed by atoms with Crippen LogP contribution >= 0.6 is 0 Å². The summed E-state index contributed by atoms with van der Waals surface area (Å²) < 4.78 is 64.4. The zero-order valence-electron chi connectivity index (χ0n) is 52.0. The van der Waals surface area contributed by atoms with Crippen molar-refractivity contribution in [2.75, 3.05) is 89.5 Å². The molecule has 6 heterocycles. The third-order valence-electron chi connectivity index (χ3n) is 20.5. The predicted octanol–water partition coefficient (Wildman–Crippen LogP) is 8.77. The zero-order chi connectivity index (χ0) is 63.2. The van der Waals surface area contributed by atoms with Crippen molar-refractivity contribution >= 4 is 43.2 Å².